The molecule has 1 radical (unpaired) electrons. The van der Waals surface area contributed by atoms with Gasteiger partial charge in [0, 0.05) is 5.75 Å². The van der Waals surface area contributed by atoms with Gasteiger partial charge in [-0.25, -0.2) is 0 Å². The third kappa shape index (κ3) is 1.40. The minimum Gasteiger partial charge on any atom is -0.379 e. The molecule has 0 amide bonds. The van der Waals surface area contributed by atoms with E-state index in [4.69, 9.17) is 5.73 Å². The third-order valence-corrected chi connectivity index (χ3v) is 1.81. The maximum Gasteiger partial charge on any atom is 0.154 e. The Balaban J connectivity index is 2.50. The molecule has 0 aliphatic carbocycles. The molecule has 1 aliphatic rings. The van der Waals surface area contributed by atoms with Gasteiger partial charge in [0.2, 0.25) is 0 Å². The summed E-state index contributed by atoms with van der Waals surface area (Å²) in [5.74, 6) is 1.10. The van der Waals surface area contributed by atoms with Gasteiger partial charge in [-0.2, -0.15) is 0 Å². The van der Waals surface area contributed by atoms with Gasteiger partial charge in [-0.05, 0) is 13.3 Å². The van der Waals surface area contributed by atoms with E-state index in [2.05, 4.69) is 4.99 Å². The minimum atomic E-state index is 0.716. The first-order valence-electron chi connectivity index (χ1n) is 2.58. The Morgan fingerprint density at radius 1 is 1.75 bits per heavy atom. The van der Waals surface area contributed by atoms with Crippen LogP contribution >= 0.6 is 11.8 Å². The zero-order valence-electron chi connectivity index (χ0n) is 4.85. The van der Waals surface area contributed by atoms with Crippen molar-refractivity contribution >= 4 is 16.9 Å². The van der Waals surface area contributed by atoms with Gasteiger partial charge in [-0.1, -0.05) is 11.8 Å². The highest BCUT2D eigenvalue weighted by Gasteiger charge is 2.07. The molecule has 1 heterocycles. The molecule has 0 fully saturated rings. The number of hydrogen-bond donors (Lipinski definition) is 1. The fourth-order valence-electron chi connectivity index (χ4n) is 0.580. The Bertz CT molecular complexity index is 111. The maximum absolute atomic E-state index is 5.42. The van der Waals surface area contributed by atoms with Gasteiger partial charge in [-0.3, -0.25) is 4.99 Å². The van der Waals surface area contributed by atoms with Crippen molar-refractivity contribution < 1.29 is 0 Å². The fraction of sp³-hybridized carbons (Fsp3) is 0.600. The van der Waals surface area contributed by atoms with Gasteiger partial charge in [0.15, 0.2) is 5.17 Å². The predicted octanol–water partition coefficient (Wildman–Crippen LogP) is 0.990. The van der Waals surface area contributed by atoms with E-state index in [1.807, 2.05) is 6.92 Å². The van der Waals surface area contributed by atoms with Crippen molar-refractivity contribution in [1.82, 2.24) is 0 Å². The van der Waals surface area contributed by atoms with Crippen molar-refractivity contribution in [1.29, 1.82) is 0 Å². The molecule has 0 atom stereocenters. The second-order valence-corrected chi connectivity index (χ2v) is 2.90. The van der Waals surface area contributed by atoms with Crippen LogP contribution in [0.15, 0.2) is 4.99 Å². The van der Waals surface area contributed by atoms with Gasteiger partial charge >= 0.3 is 0 Å². The van der Waals surface area contributed by atoms with Crippen molar-refractivity contribution in [3.8, 4) is 0 Å². The Morgan fingerprint density at radius 2 is 2.50 bits per heavy atom. The third-order valence-electron chi connectivity index (χ3n) is 1.01. The van der Waals surface area contributed by atoms with Crippen LogP contribution in [-0.2, 0) is 0 Å². The van der Waals surface area contributed by atoms with E-state index in [9.17, 15) is 0 Å². The molecule has 0 spiro atoms. The molecule has 3 heteroatoms. The highest BCUT2D eigenvalue weighted by molar-refractivity contribution is 8.13. The summed E-state index contributed by atoms with van der Waals surface area (Å²) in [4.78, 5) is 4.06. The summed E-state index contributed by atoms with van der Waals surface area (Å²) in [6.45, 7) is 2.01. The molecule has 2 N–H and O–H groups in total. The highest BCUT2D eigenvalue weighted by atomic mass is 32.2. The molecule has 0 unspecified atom stereocenters. The molecule has 0 saturated heterocycles. The summed E-state index contributed by atoms with van der Waals surface area (Å²) < 4.78 is 0. The largest absolute Gasteiger partial charge is 0.379 e. The monoisotopic (exact) mass is 129 g/mol. The first-order chi connectivity index (χ1) is 3.79. The van der Waals surface area contributed by atoms with Gasteiger partial charge in [0.25, 0.3) is 0 Å². The summed E-state index contributed by atoms with van der Waals surface area (Å²) in [7, 11) is 0. The average Bonchev–Trinajstić information content (AvgIpc) is 1.64. The van der Waals surface area contributed by atoms with E-state index in [1.54, 1.807) is 11.8 Å². The molecule has 0 aromatic rings. The molecule has 2 nitrogen and oxygen atoms in total. The summed E-state index contributed by atoms with van der Waals surface area (Å²) in [6, 6.07) is 1.15. The summed E-state index contributed by atoms with van der Waals surface area (Å²) in [6.07, 6.45) is 1.09. The lowest BCUT2D eigenvalue weighted by atomic mass is 10.3. The number of amidine groups is 1. The smallest absolute Gasteiger partial charge is 0.154 e. The SMILES string of the molecule is C[C]1CCSC(N)=N1. The first-order valence-corrected chi connectivity index (χ1v) is 3.57. The molecule has 45 valence electrons. The summed E-state index contributed by atoms with van der Waals surface area (Å²) in [5.41, 5.74) is 5.42. The average molecular weight is 129 g/mol. The molecule has 0 aromatic heterocycles. The second kappa shape index (κ2) is 2.40. The van der Waals surface area contributed by atoms with Crippen LogP contribution in [0, 0.1) is 6.04 Å². The predicted molar refractivity (Wildman–Crippen MR) is 37.6 cm³/mol. The summed E-state index contributed by atoms with van der Waals surface area (Å²) in [5, 5.41) is 0.716. The van der Waals surface area contributed by atoms with Crippen LogP contribution in [0.3, 0.4) is 0 Å². The van der Waals surface area contributed by atoms with E-state index in [1.165, 1.54) is 0 Å². The van der Waals surface area contributed by atoms with E-state index in [0.717, 1.165) is 18.2 Å². The van der Waals surface area contributed by atoms with Gasteiger partial charge in [-0.15, -0.1) is 0 Å². The van der Waals surface area contributed by atoms with E-state index >= 15 is 0 Å². The van der Waals surface area contributed by atoms with Crippen LogP contribution < -0.4 is 5.73 Å². The maximum atomic E-state index is 5.42. The molecule has 0 aromatic carbocycles. The lowest BCUT2D eigenvalue weighted by Crippen LogP contribution is -2.13. The van der Waals surface area contributed by atoms with E-state index in [0.29, 0.717) is 5.17 Å². The van der Waals surface area contributed by atoms with Crippen molar-refractivity contribution in [2.45, 2.75) is 13.3 Å². The van der Waals surface area contributed by atoms with E-state index in [-0.39, 0.29) is 0 Å². The lowest BCUT2D eigenvalue weighted by Gasteiger charge is -2.11. The van der Waals surface area contributed by atoms with Crippen LogP contribution in [-0.4, -0.2) is 10.9 Å². The highest BCUT2D eigenvalue weighted by Crippen LogP contribution is 2.18. The van der Waals surface area contributed by atoms with Crippen molar-refractivity contribution in [3.05, 3.63) is 6.04 Å². The summed E-state index contributed by atoms with van der Waals surface area (Å²) >= 11 is 1.63. The molecule has 8 heavy (non-hydrogen) atoms. The zero-order chi connectivity index (χ0) is 5.98. The fourth-order valence-corrected chi connectivity index (χ4v) is 1.41. The Hall–Kier alpha value is -0.180. The molecule has 0 bridgehead atoms. The Kier molecular flexibility index (Phi) is 1.78. The normalized spacial score (nSPS) is 22.9. The van der Waals surface area contributed by atoms with Crippen molar-refractivity contribution in [3.63, 3.8) is 0 Å². The molecule has 1 aliphatic heterocycles. The Labute approximate surface area is 53.6 Å². The number of nitrogens with two attached hydrogens (primary N) is 1. The number of aliphatic imine (C=N–C) groups is 1. The number of hydrogen-bond acceptors (Lipinski definition) is 3. The standard InChI is InChI=1S/C5H9N2S/c1-4-2-3-8-5(6)7-4/h2-3H2,1H3,(H2,6,7). The van der Waals surface area contributed by atoms with Crippen molar-refractivity contribution in [2.24, 2.45) is 10.7 Å². The van der Waals surface area contributed by atoms with Crippen molar-refractivity contribution in [2.75, 3.05) is 5.75 Å². The van der Waals surface area contributed by atoms with Gasteiger partial charge in [0.05, 0.1) is 6.04 Å². The zero-order valence-corrected chi connectivity index (χ0v) is 5.66. The van der Waals surface area contributed by atoms with Crippen LogP contribution in [0.5, 0.6) is 0 Å². The van der Waals surface area contributed by atoms with Crippen LogP contribution in [0.1, 0.15) is 13.3 Å². The molecular formula is C5H9N2S. The number of thioether (sulfide) groups is 1. The lowest BCUT2D eigenvalue weighted by molar-refractivity contribution is 0.894. The van der Waals surface area contributed by atoms with Gasteiger partial charge in [0.1, 0.15) is 0 Å². The number of rotatable bonds is 0. The number of nitrogens with zero attached hydrogens (tertiary/aromatic N) is 1. The van der Waals surface area contributed by atoms with Crippen LogP contribution in [0.4, 0.5) is 0 Å². The Morgan fingerprint density at radius 3 is 2.88 bits per heavy atom. The molecule has 1 rings (SSSR count). The van der Waals surface area contributed by atoms with Crippen LogP contribution in [0.2, 0.25) is 0 Å². The first kappa shape index (κ1) is 5.95. The minimum absolute atomic E-state index is 0.716. The quantitative estimate of drug-likeness (QED) is 0.529. The molecule has 0 saturated carbocycles. The van der Waals surface area contributed by atoms with Gasteiger partial charge < -0.3 is 5.73 Å². The van der Waals surface area contributed by atoms with Crippen LogP contribution in [0.25, 0.3) is 0 Å². The topological polar surface area (TPSA) is 38.4 Å². The molecular weight excluding hydrogens is 120 g/mol. The second-order valence-electron chi connectivity index (χ2n) is 1.78. The van der Waals surface area contributed by atoms with E-state index < -0.39 is 0 Å².